The van der Waals surface area contributed by atoms with Gasteiger partial charge in [0.15, 0.2) is 0 Å². The summed E-state index contributed by atoms with van der Waals surface area (Å²) in [7, 11) is -7.28. The topological polar surface area (TPSA) is 46.2 Å². The molecule has 0 aliphatic carbocycles. The molecule has 0 spiro atoms. The lowest BCUT2D eigenvalue weighted by Gasteiger charge is -2.35. The fourth-order valence-electron chi connectivity index (χ4n) is 1.59. The lowest BCUT2D eigenvalue weighted by molar-refractivity contribution is 0.151. The third-order valence-corrected chi connectivity index (χ3v) is 15.0. The lowest BCUT2D eigenvalue weighted by atomic mass is 10.9. The maximum absolute atomic E-state index is 5.86. The van der Waals surface area contributed by atoms with Gasteiger partial charge < -0.3 is 20.9 Å². The van der Waals surface area contributed by atoms with Gasteiger partial charge in [-0.2, -0.15) is 0 Å². The van der Waals surface area contributed by atoms with Crippen LogP contribution < -0.4 is 0 Å². The second-order valence-electron chi connectivity index (χ2n) is 3.51. The molecule has 16 heavy (non-hydrogen) atoms. The number of hydrogen-bond donors (Lipinski definition) is 0. The second kappa shape index (κ2) is 7.35. The first-order chi connectivity index (χ1) is 6.95. The second-order valence-corrected chi connectivity index (χ2v) is 13.0. The molecule has 10 heteroatoms. The summed E-state index contributed by atoms with van der Waals surface area (Å²) < 4.78 is 28.8. The van der Waals surface area contributed by atoms with Crippen molar-refractivity contribution in [3.05, 3.63) is 0 Å². The van der Waals surface area contributed by atoms with Gasteiger partial charge >= 0.3 is 27.4 Å². The molecule has 0 saturated carbocycles. The Hall–Kier alpha value is 0.884. The zero-order chi connectivity index (χ0) is 11.5. The minimum Gasteiger partial charge on any atom is -0.420 e. The van der Waals surface area contributed by atoms with Gasteiger partial charge in [-0.05, 0) is 26.6 Å². The van der Waals surface area contributed by atoms with Crippen LogP contribution in [0, 0.1) is 0 Å². The predicted octanol–water partition coefficient (Wildman–Crippen LogP) is -0.158. The lowest BCUT2D eigenvalue weighted by Crippen LogP contribution is -2.54. The Labute approximate surface area is 108 Å². The van der Waals surface area contributed by atoms with E-state index in [0.717, 1.165) is 0 Å². The predicted molar refractivity (Wildman–Crippen MR) is 72.4 cm³/mol. The highest BCUT2D eigenvalue weighted by Crippen LogP contribution is 2.17. The quantitative estimate of drug-likeness (QED) is 0.663. The van der Waals surface area contributed by atoms with Crippen molar-refractivity contribution in [2.45, 2.75) is 33.1 Å². The Morgan fingerprint density at radius 3 is 1.81 bits per heavy atom. The Bertz CT molecular complexity index is 194. The van der Waals surface area contributed by atoms with Crippen LogP contribution in [-0.2, 0) is 20.9 Å². The smallest absolute Gasteiger partial charge is 0.420 e. The van der Waals surface area contributed by atoms with Crippen LogP contribution in [0.3, 0.4) is 0 Å². The Kier molecular flexibility index (Phi) is 7.75. The van der Waals surface area contributed by atoms with E-state index in [9.17, 15) is 0 Å². The first-order valence-corrected chi connectivity index (χ1v) is 13.8. The van der Waals surface area contributed by atoms with Crippen molar-refractivity contribution < 1.29 is 20.9 Å². The standard InChI is InChI=1S/C6H20O5Si4.Si/c1-6-7-15(5)10-13(3)8-12(2)9-14(4)11-15;/h12-14H,6H2,1-5H3;. The average molecular weight is 313 g/mol. The van der Waals surface area contributed by atoms with Crippen LogP contribution >= 0.6 is 0 Å². The molecule has 1 heterocycles. The summed E-state index contributed by atoms with van der Waals surface area (Å²) in [6.45, 7) is 10.5. The van der Waals surface area contributed by atoms with E-state index in [1.165, 1.54) is 0 Å². The molecule has 0 aromatic carbocycles. The molecular formula is C6H20O5Si5. The van der Waals surface area contributed by atoms with Crippen molar-refractivity contribution in [2.24, 2.45) is 0 Å². The van der Waals surface area contributed by atoms with E-state index in [-0.39, 0.29) is 11.0 Å². The van der Waals surface area contributed by atoms with Crippen LogP contribution in [0.4, 0.5) is 0 Å². The largest absolute Gasteiger partial charge is 0.479 e. The molecule has 4 radical (unpaired) electrons. The maximum Gasteiger partial charge on any atom is 0.479 e. The van der Waals surface area contributed by atoms with Gasteiger partial charge in [-0.3, -0.25) is 0 Å². The van der Waals surface area contributed by atoms with Crippen molar-refractivity contribution in [1.82, 2.24) is 0 Å². The highest BCUT2D eigenvalue weighted by molar-refractivity contribution is 6.77. The van der Waals surface area contributed by atoms with Gasteiger partial charge in [0, 0.05) is 24.1 Å². The summed E-state index contributed by atoms with van der Waals surface area (Å²) in [5, 5.41) is 0. The molecule has 0 bridgehead atoms. The van der Waals surface area contributed by atoms with Crippen molar-refractivity contribution in [1.29, 1.82) is 0 Å². The molecule has 1 saturated heterocycles. The molecular weight excluding hydrogens is 292 g/mol. The van der Waals surface area contributed by atoms with E-state index in [2.05, 4.69) is 0 Å². The van der Waals surface area contributed by atoms with Crippen LogP contribution in [-0.4, -0.2) is 54.2 Å². The number of hydrogen-bond acceptors (Lipinski definition) is 5. The molecule has 5 nitrogen and oxygen atoms in total. The van der Waals surface area contributed by atoms with Gasteiger partial charge in [0.1, 0.15) is 0 Å². The van der Waals surface area contributed by atoms with E-state index >= 15 is 0 Å². The SMILES string of the molecule is CCO[Si]1(C)O[SiH](C)O[SiH](C)O[SiH](C)O1.[Si]. The first kappa shape index (κ1) is 16.9. The van der Waals surface area contributed by atoms with Crippen LogP contribution in [0.25, 0.3) is 0 Å². The maximum atomic E-state index is 5.86. The zero-order valence-corrected chi connectivity index (χ0v) is 15.9. The van der Waals surface area contributed by atoms with E-state index in [1.54, 1.807) is 0 Å². The molecule has 1 aliphatic heterocycles. The molecule has 0 aromatic heterocycles. The van der Waals surface area contributed by atoms with E-state index in [4.69, 9.17) is 20.9 Å². The summed E-state index contributed by atoms with van der Waals surface area (Å²) in [5.74, 6) is 0. The Morgan fingerprint density at radius 1 is 1.00 bits per heavy atom. The minimum atomic E-state index is -2.48. The molecule has 1 rings (SSSR count). The van der Waals surface area contributed by atoms with E-state index in [1.807, 2.05) is 33.1 Å². The summed E-state index contributed by atoms with van der Waals surface area (Å²) in [6.07, 6.45) is 0. The fourth-order valence-corrected chi connectivity index (χ4v) is 14.8. The molecule has 2 unspecified atom stereocenters. The van der Waals surface area contributed by atoms with Crippen molar-refractivity contribution in [3.8, 4) is 0 Å². The molecule has 0 aromatic rings. The highest BCUT2D eigenvalue weighted by atomic mass is 28.5. The van der Waals surface area contributed by atoms with Crippen LogP contribution in [0.1, 0.15) is 6.92 Å². The van der Waals surface area contributed by atoms with E-state index in [0.29, 0.717) is 6.61 Å². The summed E-state index contributed by atoms with van der Waals surface area (Å²) >= 11 is 0. The molecule has 1 aliphatic rings. The van der Waals surface area contributed by atoms with Crippen LogP contribution in [0.15, 0.2) is 0 Å². The zero-order valence-electron chi connectivity index (χ0n) is 10.5. The Balaban J connectivity index is 0.00000225. The molecule has 0 N–H and O–H groups in total. The first-order valence-electron chi connectivity index (χ1n) is 5.25. The highest BCUT2D eigenvalue weighted by Gasteiger charge is 2.41. The summed E-state index contributed by atoms with van der Waals surface area (Å²) in [4.78, 5) is 0. The van der Waals surface area contributed by atoms with Gasteiger partial charge in [-0.25, -0.2) is 0 Å². The third-order valence-electron chi connectivity index (χ3n) is 1.93. The van der Waals surface area contributed by atoms with Crippen molar-refractivity contribution >= 4 is 47.6 Å². The molecule has 2 atom stereocenters. The molecule has 94 valence electrons. The van der Waals surface area contributed by atoms with Crippen molar-refractivity contribution in [3.63, 3.8) is 0 Å². The summed E-state index contributed by atoms with van der Waals surface area (Å²) in [5.41, 5.74) is 0. The minimum absolute atomic E-state index is 0. The van der Waals surface area contributed by atoms with Crippen LogP contribution in [0.5, 0.6) is 0 Å². The van der Waals surface area contributed by atoms with Crippen molar-refractivity contribution in [2.75, 3.05) is 6.61 Å². The van der Waals surface area contributed by atoms with E-state index < -0.39 is 36.7 Å². The number of rotatable bonds is 2. The molecule has 0 amide bonds. The monoisotopic (exact) mass is 312 g/mol. The van der Waals surface area contributed by atoms with Gasteiger partial charge in [0.25, 0.3) is 9.28 Å². The van der Waals surface area contributed by atoms with Gasteiger partial charge in [-0.1, -0.05) is 0 Å². The average Bonchev–Trinajstić information content (AvgIpc) is 1.99. The Morgan fingerprint density at radius 2 is 1.44 bits per heavy atom. The normalized spacial score (nSPS) is 40.7. The van der Waals surface area contributed by atoms with Gasteiger partial charge in [0.05, 0.1) is 0 Å². The molecule has 1 fully saturated rings. The summed E-state index contributed by atoms with van der Waals surface area (Å²) in [6, 6.07) is 0. The van der Waals surface area contributed by atoms with Crippen LogP contribution in [0.2, 0.25) is 26.2 Å². The third kappa shape index (κ3) is 5.48. The fraction of sp³-hybridized carbons (Fsp3) is 1.00. The van der Waals surface area contributed by atoms with Gasteiger partial charge in [-0.15, -0.1) is 0 Å². The van der Waals surface area contributed by atoms with Gasteiger partial charge in [0.2, 0.25) is 0 Å².